The molecule has 2 aliphatic rings. The highest BCUT2D eigenvalue weighted by atomic mass is 16.5. The minimum Gasteiger partial charge on any atom is -0.488 e. The molecule has 16 heteroatoms. The van der Waals surface area contributed by atoms with Crippen molar-refractivity contribution in [1.29, 1.82) is 0 Å². The molecule has 16 nitrogen and oxygen atoms in total. The third-order valence-electron chi connectivity index (χ3n) is 12.7. The molecule has 2 aliphatic heterocycles. The molecule has 0 aliphatic carbocycles. The molecule has 0 saturated heterocycles. The molecule has 0 radical (unpaired) electrons. The predicted molar refractivity (Wildman–Crippen MR) is 269 cm³/mol. The van der Waals surface area contributed by atoms with Gasteiger partial charge in [0, 0.05) is 71.3 Å². The van der Waals surface area contributed by atoms with Crippen molar-refractivity contribution in [1.82, 2.24) is 50.3 Å². The largest absolute Gasteiger partial charge is 0.488 e. The van der Waals surface area contributed by atoms with Crippen molar-refractivity contribution in [3.8, 4) is 45.1 Å². The molecule has 4 aromatic heterocycles. The lowest BCUT2D eigenvalue weighted by molar-refractivity contribution is -0.135. The molecule has 4 amide bonds. The number of H-pyrrole nitrogens is 2. The average Bonchev–Trinajstić information content (AvgIpc) is 4.11. The summed E-state index contributed by atoms with van der Waals surface area (Å²) in [7, 11) is 0. The van der Waals surface area contributed by atoms with Crippen LogP contribution >= 0.6 is 0 Å². The Labute approximate surface area is 415 Å². The van der Waals surface area contributed by atoms with E-state index in [4.69, 9.17) is 19.4 Å². The van der Waals surface area contributed by atoms with Crippen molar-refractivity contribution in [3.05, 3.63) is 191 Å². The molecule has 0 unspecified atom stereocenters. The molecule has 10 rings (SSSR count). The number of rotatable bonds is 18. The van der Waals surface area contributed by atoms with Gasteiger partial charge in [0.25, 0.3) is 11.8 Å². The summed E-state index contributed by atoms with van der Waals surface area (Å²) in [5, 5.41) is 5.89. The second-order valence-electron chi connectivity index (χ2n) is 17.7. The average molecular weight is 961 g/mol. The molecular weight excluding hydrogens is 909 g/mol. The zero-order chi connectivity index (χ0) is 49.6. The Hall–Kier alpha value is -8.92. The molecule has 72 heavy (non-hydrogen) atoms. The summed E-state index contributed by atoms with van der Waals surface area (Å²) in [5.41, 5.74) is 9.19. The summed E-state index contributed by atoms with van der Waals surface area (Å²) in [6.45, 7) is 5.92. The molecule has 0 bridgehead atoms. The van der Waals surface area contributed by atoms with Gasteiger partial charge in [-0.15, -0.1) is 0 Å². The highest BCUT2D eigenvalue weighted by Crippen LogP contribution is 2.50. The first-order valence-electron chi connectivity index (χ1n) is 24.0. The van der Waals surface area contributed by atoms with E-state index >= 15 is 0 Å². The van der Waals surface area contributed by atoms with Gasteiger partial charge in [0.1, 0.15) is 48.4 Å². The van der Waals surface area contributed by atoms with Crippen LogP contribution < -0.4 is 20.1 Å². The summed E-state index contributed by atoms with van der Waals surface area (Å²) in [6, 6.07) is 31.5. The van der Waals surface area contributed by atoms with Gasteiger partial charge in [-0.2, -0.15) is 0 Å². The minimum atomic E-state index is -0.925. The summed E-state index contributed by atoms with van der Waals surface area (Å²) in [4.78, 5) is 83.2. The molecule has 8 aromatic rings. The monoisotopic (exact) mass is 960 g/mol. The smallest absolute Gasteiger partial charge is 0.253 e. The highest BCUT2D eigenvalue weighted by Gasteiger charge is 2.33. The number of benzene rings is 4. The molecule has 2 atom stereocenters. The Morgan fingerprint density at radius 2 is 1.00 bits per heavy atom. The van der Waals surface area contributed by atoms with E-state index in [1.54, 1.807) is 58.9 Å². The molecule has 4 N–H and O–H groups in total. The number of carbonyl (C=O) groups is 4. The molecule has 0 saturated carbocycles. The first kappa shape index (κ1) is 46.8. The number of nitrogens with zero attached hydrogens (tertiary/aromatic N) is 6. The van der Waals surface area contributed by atoms with E-state index in [-0.39, 0.29) is 24.9 Å². The number of amides is 4. The molecular formula is C56H52N10O6. The maximum atomic E-state index is 14.3. The van der Waals surface area contributed by atoms with E-state index in [0.717, 1.165) is 56.3 Å². The standard InChI is InChI=1S/C56H52N10O6/c1-3-21-65(55(69)51(35-13-7-5-8-14-35)63-53(67)37-17-11-19-57-27-37)31-47-59-29-43(61-47)39-23-41-33-72-46-26-40(24-42-34-71-45(25-39)49(41)50(42)46)44-30-60-48(62-44)32-66(22-4-2)56(70)52(36-15-9-6-10-16-36)64-54(68)38-18-12-20-58-28-38/h5-20,23-30,51-52H,3-4,21-22,31-34H2,1-2H3,(H,59,61)(H,60,62)(H,63,67)(H,64,68)/t51-,52-/m1/s1. The fourth-order valence-corrected chi connectivity index (χ4v) is 9.26. The lowest BCUT2D eigenvalue weighted by atomic mass is 9.87. The van der Waals surface area contributed by atoms with E-state index in [1.807, 2.05) is 86.6 Å². The number of imidazole rings is 2. The zero-order valence-electron chi connectivity index (χ0n) is 39.8. The van der Waals surface area contributed by atoms with Gasteiger partial charge in [-0.3, -0.25) is 29.1 Å². The zero-order valence-corrected chi connectivity index (χ0v) is 39.8. The molecule has 0 fully saturated rings. The fourth-order valence-electron chi connectivity index (χ4n) is 9.26. The first-order valence-corrected chi connectivity index (χ1v) is 24.0. The van der Waals surface area contributed by atoms with E-state index < -0.39 is 23.9 Å². The number of hydrogen-bond donors (Lipinski definition) is 4. The maximum Gasteiger partial charge on any atom is 0.253 e. The van der Waals surface area contributed by atoms with Crippen molar-refractivity contribution >= 4 is 23.6 Å². The summed E-state index contributed by atoms with van der Waals surface area (Å²) < 4.78 is 13.0. The van der Waals surface area contributed by atoms with Gasteiger partial charge in [-0.1, -0.05) is 74.5 Å². The number of aromatic nitrogens is 6. The van der Waals surface area contributed by atoms with Crippen LogP contribution in [0.25, 0.3) is 33.6 Å². The van der Waals surface area contributed by atoms with Crippen LogP contribution in [-0.4, -0.2) is 76.4 Å². The Balaban J connectivity index is 0.853. The lowest BCUT2D eigenvalue weighted by Crippen LogP contribution is -2.43. The Kier molecular flexibility index (Phi) is 13.6. The Morgan fingerprint density at radius 1 is 0.569 bits per heavy atom. The lowest BCUT2D eigenvalue weighted by Gasteiger charge is -2.30. The van der Waals surface area contributed by atoms with Crippen molar-refractivity contribution < 1.29 is 28.7 Å². The number of hydrogen-bond acceptors (Lipinski definition) is 10. The van der Waals surface area contributed by atoms with Crippen LogP contribution in [-0.2, 0) is 35.9 Å². The van der Waals surface area contributed by atoms with Crippen LogP contribution in [0.3, 0.4) is 0 Å². The van der Waals surface area contributed by atoms with Crippen LogP contribution in [0.4, 0.5) is 0 Å². The number of ether oxygens (including phenoxy) is 2. The number of aromatic amines is 2. The van der Waals surface area contributed by atoms with Gasteiger partial charge in [0.15, 0.2) is 0 Å². The topological polar surface area (TPSA) is 200 Å². The third kappa shape index (κ3) is 9.92. The molecule has 362 valence electrons. The van der Waals surface area contributed by atoms with Crippen LogP contribution in [0, 0.1) is 0 Å². The SMILES string of the molecule is CCCN(Cc1ncc(-c2cc3c4c(c2)OCc2cc(-c5cnc(CN(CCC)C(=O)[C@H](NC(=O)c6cccnc6)c6ccccc6)[nH]5)cc(c2-4)OC3)[nH]1)C(=O)[C@H](NC(=O)c1cccnc1)c1ccccc1. The van der Waals surface area contributed by atoms with Gasteiger partial charge in [-0.05, 0) is 72.5 Å². The molecule has 6 heterocycles. The van der Waals surface area contributed by atoms with E-state index in [9.17, 15) is 19.2 Å². The third-order valence-corrected chi connectivity index (χ3v) is 12.7. The van der Waals surface area contributed by atoms with Gasteiger partial charge in [0.05, 0.1) is 48.0 Å². The Morgan fingerprint density at radius 3 is 1.39 bits per heavy atom. The van der Waals surface area contributed by atoms with Crippen LogP contribution in [0.5, 0.6) is 11.5 Å². The van der Waals surface area contributed by atoms with Crippen LogP contribution in [0.2, 0.25) is 0 Å². The number of pyridine rings is 2. The van der Waals surface area contributed by atoms with Crippen molar-refractivity contribution in [2.75, 3.05) is 13.1 Å². The fraction of sp³-hybridized carbons (Fsp3) is 0.214. The quantitative estimate of drug-likeness (QED) is 0.0646. The van der Waals surface area contributed by atoms with Crippen molar-refractivity contribution in [2.45, 2.75) is 65.1 Å². The maximum absolute atomic E-state index is 14.3. The number of carbonyl (C=O) groups excluding carboxylic acids is 4. The first-order chi connectivity index (χ1) is 35.2. The second kappa shape index (κ2) is 21.0. The molecule has 0 spiro atoms. The van der Waals surface area contributed by atoms with Gasteiger partial charge < -0.3 is 39.9 Å². The van der Waals surface area contributed by atoms with Gasteiger partial charge in [0.2, 0.25) is 11.8 Å². The highest BCUT2D eigenvalue weighted by molar-refractivity contribution is 5.98. The predicted octanol–water partition coefficient (Wildman–Crippen LogP) is 8.53. The Bertz CT molecular complexity index is 2970. The van der Waals surface area contributed by atoms with Gasteiger partial charge in [-0.25, -0.2) is 9.97 Å². The summed E-state index contributed by atoms with van der Waals surface area (Å²) in [5.74, 6) is 1.35. The van der Waals surface area contributed by atoms with E-state index in [0.29, 0.717) is 73.0 Å². The van der Waals surface area contributed by atoms with Crippen LogP contribution in [0.1, 0.15) is 93.4 Å². The van der Waals surface area contributed by atoms with E-state index in [1.165, 1.54) is 12.4 Å². The molecule has 4 aromatic carbocycles. The normalized spacial score (nSPS) is 12.9. The summed E-state index contributed by atoms with van der Waals surface area (Å²) in [6.07, 6.45) is 11.1. The number of nitrogens with one attached hydrogen (secondary N) is 4. The van der Waals surface area contributed by atoms with E-state index in [2.05, 4.69) is 42.7 Å². The second-order valence-corrected chi connectivity index (χ2v) is 17.7. The van der Waals surface area contributed by atoms with Crippen LogP contribution in [0.15, 0.2) is 146 Å². The van der Waals surface area contributed by atoms with Crippen molar-refractivity contribution in [2.24, 2.45) is 0 Å². The minimum absolute atomic E-state index is 0.198. The summed E-state index contributed by atoms with van der Waals surface area (Å²) >= 11 is 0. The van der Waals surface area contributed by atoms with Gasteiger partial charge >= 0.3 is 0 Å². The van der Waals surface area contributed by atoms with Crippen molar-refractivity contribution in [3.63, 3.8) is 0 Å².